The third kappa shape index (κ3) is 4.50. The molecule has 0 aliphatic carbocycles. The van der Waals surface area contributed by atoms with Gasteiger partial charge in [0.25, 0.3) is 5.78 Å². The Morgan fingerprint density at radius 2 is 1.94 bits per heavy atom. The lowest BCUT2D eigenvalue weighted by Gasteiger charge is -2.29. The molecule has 0 unspecified atom stereocenters. The van der Waals surface area contributed by atoms with E-state index in [9.17, 15) is 9.59 Å². The number of nitrogens with two attached hydrogens (primary N) is 1. The standard InChI is InChI=1S/C22H27N7O2/c1-14-18(15(2)29-22(25-14)26-21(23)27-29)12-19(30)24-10-5-8-20(31)28-11-9-16-6-3-4-7-17(16)13-28/h3-4,6-7H,5,8-13H2,1-2H3,(H2,23,27)(H,24,30). The highest BCUT2D eigenvalue weighted by molar-refractivity contribution is 5.79. The average molecular weight is 422 g/mol. The van der Waals surface area contributed by atoms with E-state index >= 15 is 0 Å². The Kier molecular flexibility index (Phi) is 5.83. The number of nitrogen functional groups attached to an aromatic ring is 1. The Balaban J connectivity index is 1.26. The van der Waals surface area contributed by atoms with E-state index in [-0.39, 0.29) is 24.2 Å². The molecule has 31 heavy (non-hydrogen) atoms. The van der Waals surface area contributed by atoms with Crippen LogP contribution in [0.3, 0.4) is 0 Å². The van der Waals surface area contributed by atoms with E-state index in [1.54, 1.807) is 4.52 Å². The molecular formula is C22H27N7O2. The van der Waals surface area contributed by atoms with Crippen molar-refractivity contribution < 1.29 is 9.59 Å². The number of rotatable bonds is 6. The quantitative estimate of drug-likeness (QED) is 0.580. The van der Waals surface area contributed by atoms with Gasteiger partial charge in [-0.2, -0.15) is 9.50 Å². The normalized spacial score (nSPS) is 13.3. The lowest BCUT2D eigenvalue weighted by atomic mass is 9.99. The van der Waals surface area contributed by atoms with Gasteiger partial charge in [-0.15, -0.1) is 5.10 Å². The summed E-state index contributed by atoms with van der Waals surface area (Å²) in [5.74, 6) is 0.600. The highest BCUT2D eigenvalue weighted by Gasteiger charge is 2.20. The van der Waals surface area contributed by atoms with Crippen LogP contribution in [0.15, 0.2) is 24.3 Å². The molecule has 2 aromatic heterocycles. The van der Waals surface area contributed by atoms with Gasteiger partial charge in [-0.25, -0.2) is 4.98 Å². The van der Waals surface area contributed by atoms with Crippen molar-refractivity contribution in [2.75, 3.05) is 18.8 Å². The van der Waals surface area contributed by atoms with Crippen molar-refractivity contribution in [2.24, 2.45) is 0 Å². The Labute approximate surface area is 180 Å². The first kappa shape index (κ1) is 20.8. The Morgan fingerprint density at radius 1 is 1.16 bits per heavy atom. The lowest BCUT2D eigenvalue weighted by Crippen LogP contribution is -2.36. The van der Waals surface area contributed by atoms with Crippen molar-refractivity contribution in [3.8, 4) is 0 Å². The minimum atomic E-state index is -0.111. The van der Waals surface area contributed by atoms with Crippen molar-refractivity contribution in [3.05, 3.63) is 52.3 Å². The van der Waals surface area contributed by atoms with Gasteiger partial charge in [0, 0.05) is 43.0 Å². The number of nitrogens with one attached hydrogen (secondary N) is 1. The van der Waals surface area contributed by atoms with Gasteiger partial charge in [0.2, 0.25) is 17.8 Å². The number of anilines is 1. The molecule has 0 saturated carbocycles. The zero-order valence-corrected chi connectivity index (χ0v) is 17.9. The number of fused-ring (bicyclic) bond motifs is 2. The number of amides is 2. The molecule has 2 amide bonds. The summed E-state index contributed by atoms with van der Waals surface area (Å²) in [4.78, 5) is 35.3. The molecule has 0 bridgehead atoms. The monoisotopic (exact) mass is 421 g/mol. The first-order chi connectivity index (χ1) is 14.9. The molecule has 4 rings (SSSR count). The summed E-state index contributed by atoms with van der Waals surface area (Å²) in [6.45, 7) is 5.59. The van der Waals surface area contributed by atoms with Gasteiger partial charge in [0.15, 0.2) is 0 Å². The fourth-order valence-electron chi connectivity index (χ4n) is 4.04. The first-order valence-corrected chi connectivity index (χ1v) is 10.5. The number of aromatic nitrogens is 4. The molecular weight excluding hydrogens is 394 g/mol. The third-order valence-electron chi connectivity index (χ3n) is 5.78. The van der Waals surface area contributed by atoms with E-state index in [0.29, 0.717) is 31.7 Å². The number of hydrogen-bond acceptors (Lipinski definition) is 6. The van der Waals surface area contributed by atoms with Gasteiger partial charge in [-0.3, -0.25) is 9.59 Å². The topological polar surface area (TPSA) is 119 Å². The molecule has 0 atom stereocenters. The van der Waals surface area contributed by atoms with Crippen LogP contribution in [0.2, 0.25) is 0 Å². The summed E-state index contributed by atoms with van der Waals surface area (Å²) < 4.78 is 1.56. The first-order valence-electron chi connectivity index (χ1n) is 10.5. The maximum Gasteiger partial charge on any atom is 0.254 e. The van der Waals surface area contributed by atoms with Crippen LogP contribution in [0.5, 0.6) is 0 Å². The number of aryl methyl sites for hydroxylation is 2. The molecule has 0 spiro atoms. The molecule has 0 saturated heterocycles. The molecule has 3 heterocycles. The van der Waals surface area contributed by atoms with E-state index in [1.807, 2.05) is 30.9 Å². The van der Waals surface area contributed by atoms with Crippen LogP contribution >= 0.6 is 0 Å². The second kappa shape index (κ2) is 8.71. The molecule has 9 nitrogen and oxygen atoms in total. The molecule has 1 aromatic carbocycles. The van der Waals surface area contributed by atoms with Crippen LogP contribution in [-0.2, 0) is 29.0 Å². The number of benzene rings is 1. The summed E-state index contributed by atoms with van der Waals surface area (Å²) in [6.07, 6.45) is 2.12. The zero-order chi connectivity index (χ0) is 22.0. The average Bonchev–Trinajstić information content (AvgIpc) is 3.14. The second-order valence-electron chi connectivity index (χ2n) is 7.91. The van der Waals surface area contributed by atoms with Crippen molar-refractivity contribution in [3.63, 3.8) is 0 Å². The predicted molar refractivity (Wildman–Crippen MR) is 116 cm³/mol. The second-order valence-corrected chi connectivity index (χ2v) is 7.91. The predicted octanol–water partition coefficient (Wildman–Crippen LogP) is 1.35. The molecule has 3 aromatic rings. The van der Waals surface area contributed by atoms with Crippen molar-refractivity contribution in [1.29, 1.82) is 0 Å². The molecule has 3 N–H and O–H groups in total. The molecule has 162 valence electrons. The van der Waals surface area contributed by atoms with Gasteiger partial charge < -0.3 is 16.0 Å². The fourth-order valence-corrected chi connectivity index (χ4v) is 4.04. The van der Waals surface area contributed by atoms with Gasteiger partial charge in [0.1, 0.15) is 0 Å². The van der Waals surface area contributed by atoms with E-state index in [1.165, 1.54) is 11.1 Å². The summed E-state index contributed by atoms with van der Waals surface area (Å²) in [7, 11) is 0. The van der Waals surface area contributed by atoms with Crippen molar-refractivity contribution in [2.45, 2.75) is 46.1 Å². The smallest absolute Gasteiger partial charge is 0.254 e. The van der Waals surface area contributed by atoms with E-state index in [4.69, 9.17) is 5.73 Å². The molecule has 1 aliphatic rings. The Bertz CT molecular complexity index is 1140. The van der Waals surface area contributed by atoms with Crippen LogP contribution in [0.1, 0.15) is 40.9 Å². The van der Waals surface area contributed by atoms with Gasteiger partial charge in [0.05, 0.1) is 6.42 Å². The highest BCUT2D eigenvalue weighted by atomic mass is 16.2. The maximum atomic E-state index is 12.5. The molecule has 9 heteroatoms. The number of carbonyl (C=O) groups excluding carboxylic acids is 2. The van der Waals surface area contributed by atoms with Gasteiger partial charge >= 0.3 is 0 Å². The molecule has 0 radical (unpaired) electrons. The minimum Gasteiger partial charge on any atom is -0.366 e. The van der Waals surface area contributed by atoms with E-state index in [2.05, 4.69) is 32.5 Å². The fraction of sp³-hybridized carbons (Fsp3) is 0.409. The van der Waals surface area contributed by atoms with E-state index in [0.717, 1.165) is 29.9 Å². The van der Waals surface area contributed by atoms with Crippen LogP contribution in [0.25, 0.3) is 5.78 Å². The van der Waals surface area contributed by atoms with Crippen LogP contribution in [0, 0.1) is 13.8 Å². The SMILES string of the molecule is Cc1nc2nc(N)nn2c(C)c1CC(=O)NCCCC(=O)N1CCc2ccccc2C1. The van der Waals surface area contributed by atoms with Crippen molar-refractivity contribution in [1.82, 2.24) is 29.8 Å². The van der Waals surface area contributed by atoms with Gasteiger partial charge in [-0.05, 0) is 37.8 Å². The maximum absolute atomic E-state index is 12.5. The summed E-state index contributed by atoms with van der Waals surface area (Å²) in [6, 6.07) is 8.26. The van der Waals surface area contributed by atoms with E-state index < -0.39 is 0 Å². The molecule has 1 aliphatic heterocycles. The Morgan fingerprint density at radius 3 is 2.74 bits per heavy atom. The van der Waals surface area contributed by atoms with Crippen LogP contribution in [-0.4, -0.2) is 49.4 Å². The summed E-state index contributed by atoms with van der Waals surface area (Å²) in [5, 5.41) is 7.03. The highest BCUT2D eigenvalue weighted by Crippen LogP contribution is 2.19. The number of nitrogens with zero attached hydrogens (tertiary/aromatic N) is 5. The largest absolute Gasteiger partial charge is 0.366 e. The van der Waals surface area contributed by atoms with Crippen molar-refractivity contribution >= 4 is 23.5 Å². The van der Waals surface area contributed by atoms with Gasteiger partial charge in [-0.1, -0.05) is 24.3 Å². The van der Waals surface area contributed by atoms with Crippen LogP contribution in [0.4, 0.5) is 5.95 Å². The lowest BCUT2D eigenvalue weighted by molar-refractivity contribution is -0.132. The zero-order valence-electron chi connectivity index (χ0n) is 17.9. The summed E-state index contributed by atoms with van der Waals surface area (Å²) >= 11 is 0. The summed E-state index contributed by atoms with van der Waals surface area (Å²) in [5.41, 5.74) is 10.5. The number of hydrogen-bond donors (Lipinski definition) is 2. The minimum absolute atomic E-state index is 0.111. The van der Waals surface area contributed by atoms with Crippen LogP contribution < -0.4 is 11.1 Å². The number of carbonyl (C=O) groups is 2. The third-order valence-corrected chi connectivity index (χ3v) is 5.78. The molecule has 0 fully saturated rings. The Hall–Kier alpha value is -3.49.